The second-order valence-electron chi connectivity index (χ2n) is 6.72. The molecule has 1 aliphatic carbocycles. The van der Waals surface area contributed by atoms with E-state index in [1.165, 1.54) is 0 Å². The summed E-state index contributed by atoms with van der Waals surface area (Å²) in [5, 5.41) is 8.55. The van der Waals surface area contributed by atoms with Gasteiger partial charge in [-0.15, -0.1) is 0 Å². The summed E-state index contributed by atoms with van der Waals surface area (Å²) in [6.45, 7) is 0.479. The fourth-order valence-corrected chi connectivity index (χ4v) is 3.02. The highest BCUT2D eigenvalue weighted by Crippen LogP contribution is 2.32. The van der Waals surface area contributed by atoms with Crippen molar-refractivity contribution < 1.29 is 19.0 Å². The third-order valence-electron chi connectivity index (χ3n) is 4.70. The lowest BCUT2D eigenvalue weighted by atomic mass is 10.1. The Labute approximate surface area is 170 Å². The van der Waals surface area contributed by atoms with Crippen LogP contribution in [0.3, 0.4) is 0 Å². The molecule has 1 saturated carbocycles. The molecule has 1 amide bonds. The van der Waals surface area contributed by atoms with Crippen molar-refractivity contribution in [2.45, 2.75) is 25.4 Å². The lowest BCUT2D eigenvalue weighted by Gasteiger charge is -2.22. The molecule has 0 saturated heterocycles. The lowest BCUT2D eigenvalue weighted by molar-refractivity contribution is -0.127. The average Bonchev–Trinajstić information content (AvgIpc) is 3.60. The molecule has 0 spiro atoms. The Morgan fingerprint density at radius 2 is 1.86 bits per heavy atom. The molecular formula is C23H24N2O4. The van der Waals surface area contributed by atoms with Crippen molar-refractivity contribution in [1.29, 1.82) is 5.26 Å². The van der Waals surface area contributed by atoms with E-state index in [9.17, 15) is 4.79 Å². The van der Waals surface area contributed by atoms with Gasteiger partial charge in [0.1, 0.15) is 23.3 Å². The van der Waals surface area contributed by atoms with Crippen LogP contribution >= 0.6 is 0 Å². The number of carbonyl (C=O) groups excluding carboxylic acids is 1. The molecule has 2 aromatic carbocycles. The van der Waals surface area contributed by atoms with Gasteiger partial charge in [-0.25, -0.2) is 0 Å². The van der Waals surface area contributed by atoms with Gasteiger partial charge in [0, 0.05) is 17.7 Å². The van der Waals surface area contributed by atoms with Crippen molar-refractivity contribution in [1.82, 2.24) is 4.90 Å². The Morgan fingerprint density at radius 1 is 1.14 bits per heavy atom. The zero-order valence-electron chi connectivity index (χ0n) is 16.6. The van der Waals surface area contributed by atoms with Crippen LogP contribution in [0.25, 0.3) is 6.08 Å². The van der Waals surface area contributed by atoms with Gasteiger partial charge in [-0.1, -0.05) is 12.1 Å². The maximum Gasteiger partial charge on any atom is 0.247 e. The van der Waals surface area contributed by atoms with Gasteiger partial charge in [0.2, 0.25) is 5.91 Å². The molecule has 6 nitrogen and oxygen atoms in total. The molecule has 0 atom stereocenters. The van der Waals surface area contributed by atoms with Crippen molar-refractivity contribution in [2.24, 2.45) is 0 Å². The normalized spacial score (nSPS) is 13.0. The van der Waals surface area contributed by atoms with E-state index in [1.54, 1.807) is 38.5 Å². The minimum atomic E-state index is -0.0396. The fourth-order valence-electron chi connectivity index (χ4n) is 3.02. The van der Waals surface area contributed by atoms with Gasteiger partial charge in [0.15, 0.2) is 6.61 Å². The van der Waals surface area contributed by atoms with E-state index in [2.05, 4.69) is 0 Å². The molecule has 0 bridgehead atoms. The van der Waals surface area contributed by atoms with Crippen molar-refractivity contribution in [3.05, 3.63) is 59.7 Å². The van der Waals surface area contributed by atoms with Crippen LogP contribution < -0.4 is 14.2 Å². The zero-order valence-corrected chi connectivity index (χ0v) is 16.6. The first-order valence-corrected chi connectivity index (χ1v) is 9.44. The second kappa shape index (κ2) is 9.65. The molecule has 6 heteroatoms. The fraction of sp³-hybridized carbons (Fsp3) is 0.304. The zero-order chi connectivity index (χ0) is 20.6. The van der Waals surface area contributed by atoms with E-state index in [0.29, 0.717) is 12.3 Å². The summed E-state index contributed by atoms with van der Waals surface area (Å²) in [6, 6.07) is 15.1. The van der Waals surface area contributed by atoms with Gasteiger partial charge < -0.3 is 19.1 Å². The number of rotatable bonds is 9. The molecule has 0 N–H and O–H groups in total. The Morgan fingerprint density at radius 3 is 2.48 bits per heavy atom. The number of nitrogens with zero attached hydrogens (tertiary/aromatic N) is 2. The van der Waals surface area contributed by atoms with Crippen molar-refractivity contribution in [2.75, 3.05) is 20.8 Å². The first-order chi connectivity index (χ1) is 14.1. The number of carbonyl (C=O) groups is 1. The summed E-state index contributed by atoms with van der Waals surface area (Å²) in [6.07, 6.45) is 5.40. The summed E-state index contributed by atoms with van der Waals surface area (Å²) < 4.78 is 16.0. The van der Waals surface area contributed by atoms with Crippen molar-refractivity contribution in [3.63, 3.8) is 0 Å². The highest BCUT2D eigenvalue weighted by atomic mass is 16.5. The standard InChI is InChI=1S/C23H24N2O4/c1-27-21-10-11-22(28-2)18(15-21)16-25(19-6-7-19)23(26)12-5-17-3-8-20(9-4-17)29-14-13-24/h3-5,8-12,15,19H,6-7,14,16H2,1-2H3/b12-5+. The van der Waals surface area contributed by atoms with Crippen LogP contribution in [0.4, 0.5) is 0 Å². The van der Waals surface area contributed by atoms with Crippen LogP contribution in [0.15, 0.2) is 48.5 Å². The Bertz CT molecular complexity index is 911. The number of nitriles is 1. The third kappa shape index (κ3) is 5.52. The average molecular weight is 392 g/mol. The molecule has 0 unspecified atom stereocenters. The van der Waals surface area contributed by atoms with Gasteiger partial charge in [-0.2, -0.15) is 5.26 Å². The summed E-state index contributed by atoms with van der Waals surface area (Å²) in [4.78, 5) is 14.7. The predicted molar refractivity (Wildman–Crippen MR) is 110 cm³/mol. The third-order valence-corrected chi connectivity index (χ3v) is 4.70. The first kappa shape index (κ1) is 20.3. The van der Waals surface area contributed by atoms with Gasteiger partial charge in [-0.05, 0) is 54.8 Å². The van der Waals surface area contributed by atoms with Crippen LogP contribution in [-0.2, 0) is 11.3 Å². The molecule has 0 aromatic heterocycles. The first-order valence-electron chi connectivity index (χ1n) is 9.44. The number of hydrogen-bond acceptors (Lipinski definition) is 5. The van der Waals surface area contributed by atoms with E-state index < -0.39 is 0 Å². The second-order valence-corrected chi connectivity index (χ2v) is 6.72. The van der Waals surface area contributed by atoms with E-state index in [1.807, 2.05) is 41.3 Å². The summed E-state index contributed by atoms with van der Waals surface area (Å²) >= 11 is 0. The molecule has 0 aliphatic heterocycles. The number of hydrogen-bond donors (Lipinski definition) is 0. The molecule has 0 heterocycles. The van der Waals surface area contributed by atoms with Gasteiger partial charge in [0.05, 0.1) is 20.8 Å². The maximum absolute atomic E-state index is 12.9. The number of amides is 1. The van der Waals surface area contributed by atoms with E-state index in [4.69, 9.17) is 19.5 Å². The van der Waals surface area contributed by atoms with E-state index in [0.717, 1.165) is 35.5 Å². The molecule has 3 rings (SSSR count). The Kier molecular flexibility index (Phi) is 6.75. The van der Waals surface area contributed by atoms with E-state index >= 15 is 0 Å². The molecule has 0 radical (unpaired) electrons. The highest BCUT2D eigenvalue weighted by molar-refractivity contribution is 5.92. The van der Waals surface area contributed by atoms with Gasteiger partial charge >= 0.3 is 0 Å². The summed E-state index contributed by atoms with van der Waals surface area (Å²) in [5.74, 6) is 2.06. The van der Waals surface area contributed by atoms with Crippen LogP contribution in [0.1, 0.15) is 24.0 Å². The molecule has 1 aliphatic rings. The number of ether oxygens (including phenoxy) is 3. The van der Waals surface area contributed by atoms with Crippen LogP contribution in [-0.4, -0.2) is 37.7 Å². The van der Waals surface area contributed by atoms with Crippen molar-refractivity contribution >= 4 is 12.0 Å². The Hall–Kier alpha value is -3.46. The largest absolute Gasteiger partial charge is 0.497 e. The Balaban J connectivity index is 1.70. The predicted octanol–water partition coefficient (Wildman–Crippen LogP) is 3.81. The van der Waals surface area contributed by atoms with E-state index in [-0.39, 0.29) is 18.6 Å². The summed E-state index contributed by atoms with van der Waals surface area (Å²) in [7, 11) is 3.24. The molecule has 2 aromatic rings. The maximum atomic E-state index is 12.9. The molecular weight excluding hydrogens is 368 g/mol. The van der Waals surface area contributed by atoms with Gasteiger partial charge in [-0.3, -0.25) is 4.79 Å². The molecule has 29 heavy (non-hydrogen) atoms. The van der Waals surface area contributed by atoms with Crippen LogP contribution in [0, 0.1) is 11.3 Å². The lowest BCUT2D eigenvalue weighted by Crippen LogP contribution is -2.31. The number of benzene rings is 2. The quantitative estimate of drug-likeness (QED) is 0.607. The van der Waals surface area contributed by atoms with Gasteiger partial charge in [0.25, 0.3) is 0 Å². The monoisotopic (exact) mass is 392 g/mol. The minimum Gasteiger partial charge on any atom is -0.497 e. The highest BCUT2D eigenvalue weighted by Gasteiger charge is 2.32. The molecule has 150 valence electrons. The topological polar surface area (TPSA) is 71.8 Å². The van der Waals surface area contributed by atoms with Crippen LogP contribution in [0.5, 0.6) is 17.2 Å². The number of methoxy groups -OCH3 is 2. The summed E-state index contributed by atoms with van der Waals surface area (Å²) in [5.41, 5.74) is 1.80. The molecule has 1 fully saturated rings. The van der Waals surface area contributed by atoms with Crippen LogP contribution in [0.2, 0.25) is 0 Å². The minimum absolute atomic E-state index is 0.0117. The SMILES string of the molecule is COc1ccc(OC)c(CN(C(=O)/C=C/c2ccc(OCC#N)cc2)C2CC2)c1. The van der Waals surface area contributed by atoms with Crippen molar-refractivity contribution in [3.8, 4) is 23.3 Å². The smallest absolute Gasteiger partial charge is 0.247 e.